The lowest BCUT2D eigenvalue weighted by Crippen LogP contribution is -2.37. The monoisotopic (exact) mass is 340 g/mol. The standard InChI is InChI=1S/C15H21BrN2O2/c1-3-17(4-2)12-7-8-18(10-12)11-5-6-13(15(19)20)14(16)9-11/h5-6,9,12H,3-4,7-8,10H2,1-2H3,(H,19,20). The van der Waals surface area contributed by atoms with Crippen LogP contribution in [0.15, 0.2) is 22.7 Å². The molecule has 1 heterocycles. The molecule has 1 atom stereocenters. The third-order valence-electron chi connectivity index (χ3n) is 4.04. The number of hydrogen-bond acceptors (Lipinski definition) is 3. The fourth-order valence-corrected chi connectivity index (χ4v) is 3.42. The van der Waals surface area contributed by atoms with Crippen LogP contribution in [0.2, 0.25) is 0 Å². The Morgan fingerprint density at radius 3 is 2.70 bits per heavy atom. The number of carboxylic acid groups (broad SMARTS) is 1. The molecule has 0 saturated carbocycles. The van der Waals surface area contributed by atoms with Crippen LogP contribution in [0.25, 0.3) is 0 Å². The number of aromatic carboxylic acids is 1. The first-order valence-corrected chi connectivity index (χ1v) is 7.88. The second-order valence-corrected chi connectivity index (χ2v) is 5.93. The smallest absolute Gasteiger partial charge is 0.336 e. The zero-order chi connectivity index (χ0) is 14.7. The molecule has 0 spiro atoms. The van der Waals surface area contributed by atoms with E-state index in [1.165, 1.54) is 6.42 Å². The van der Waals surface area contributed by atoms with Gasteiger partial charge in [-0.05, 0) is 53.6 Å². The molecule has 0 bridgehead atoms. The number of carbonyl (C=O) groups is 1. The Morgan fingerprint density at radius 1 is 1.45 bits per heavy atom. The quantitative estimate of drug-likeness (QED) is 0.894. The van der Waals surface area contributed by atoms with E-state index in [0.717, 1.165) is 31.9 Å². The maximum absolute atomic E-state index is 11.0. The molecule has 0 amide bonds. The van der Waals surface area contributed by atoms with Crippen molar-refractivity contribution >= 4 is 27.6 Å². The van der Waals surface area contributed by atoms with Gasteiger partial charge in [0.05, 0.1) is 5.56 Å². The molecule has 0 radical (unpaired) electrons. The highest BCUT2D eigenvalue weighted by atomic mass is 79.9. The maximum atomic E-state index is 11.0. The van der Waals surface area contributed by atoms with Gasteiger partial charge in [0, 0.05) is 29.3 Å². The predicted molar refractivity (Wildman–Crippen MR) is 84.6 cm³/mol. The zero-order valence-corrected chi connectivity index (χ0v) is 13.6. The summed E-state index contributed by atoms with van der Waals surface area (Å²) in [6.45, 7) is 8.60. The van der Waals surface area contributed by atoms with E-state index in [0.29, 0.717) is 16.1 Å². The van der Waals surface area contributed by atoms with E-state index < -0.39 is 5.97 Å². The van der Waals surface area contributed by atoms with Gasteiger partial charge in [-0.25, -0.2) is 4.79 Å². The first kappa shape index (κ1) is 15.3. The van der Waals surface area contributed by atoms with Gasteiger partial charge in [-0.3, -0.25) is 4.90 Å². The third kappa shape index (κ3) is 3.15. The van der Waals surface area contributed by atoms with E-state index in [-0.39, 0.29) is 0 Å². The van der Waals surface area contributed by atoms with E-state index >= 15 is 0 Å². The molecule has 0 aliphatic carbocycles. The van der Waals surface area contributed by atoms with Gasteiger partial charge in [0.2, 0.25) is 0 Å². The molecule has 5 heteroatoms. The van der Waals surface area contributed by atoms with Crippen molar-refractivity contribution in [3.05, 3.63) is 28.2 Å². The molecule has 1 fully saturated rings. The molecule has 4 nitrogen and oxygen atoms in total. The predicted octanol–water partition coefficient (Wildman–Crippen LogP) is 3.07. The first-order valence-electron chi connectivity index (χ1n) is 7.08. The van der Waals surface area contributed by atoms with Crippen molar-refractivity contribution in [2.45, 2.75) is 26.3 Å². The van der Waals surface area contributed by atoms with Crippen LogP contribution in [0.3, 0.4) is 0 Å². The van der Waals surface area contributed by atoms with Crippen LogP contribution >= 0.6 is 15.9 Å². The molecular weight excluding hydrogens is 320 g/mol. The molecule has 110 valence electrons. The van der Waals surface area contributed by atoms with Gasteiger partial charge >= 0.3 is 5.97 Å². The molecule has 1 saturated heterocycles. The number of nitrogens with zero attached hydrogens (tertiary/aromatic N) is 2. The van der Waals surface area contributed by atoms with Crippen LogP contribution in [-0.2, 0) is 0 Å². The topological polar surface area (TPSA) is 43.8 Å². The summed E-state index contributed by atoms with van der Waals surface area (Å²) in [5, 5.41) is 9.05. The number of rotatable bonds is 5. The maximum Gasteiger partial charge on any atom is 0.336 e. The molecule has 1 aromatic rings. The van der Waals surface area contributed by atoms with Crippen LogP contribution in [0.5, 0.6) is 0 Å². The van der Waals surface area contributed by atoms with Crippen LogP contribution < -0.4 is 4.90 Å². The average Bonchev–Trinajstić information content (AvgIpc) is 2.89. The molecule has 0 aromatic heterocycles. The number of anilines is 1. The molecule has 20 heavy (non-hydrogen) atoms. The summed E-state index contributed by atoms with van der Waals surface area (Å²) in [4.78, 5) is 15.8. The molecule has 1 aromatic carbocycles. The summed E-state index contributed by atoms with van der Waals surface area (Å²) < 4.78 is 0.647. The van der Waals surface area contributed by atoms with Crippen molar-refractivity contribution in [3.63, 3.8) is 0 Å². The van der Waals surface area contributed by atoms with Gasteiger partial charge in [0.15, 0.2) is 0 Å². The van der Waals surface area contributed by atoms with E-state index in [9.17, 15) is 4.79 Å². The molecular formula is C15H21BrN2O2. The minimum Gasteiger partial charge on any atom is -0.478 e. The minimum atomic E-state index is -0.897. The van der Waals surface area contributed by atoms with Crippen molar-refractivity contribution < 1.29 is 9.90 Å². The zero-order valence-electron chi connectivity index (χ0n) is 12.0. The second kappa shape index (κ2) is 6.59. The van der Waals surface area contributed by atoms with E-state index in [2.05, 4.69) is 39.6 Å². The fraction of sp³-hybridized carbons (Fsp3) is 0.533. The Balaban J connectivity index is 2.10. The Hall–Kier alpha value is -1.07. The summed E-state index contributed by atoms with van der Waals surface area (Å²) >= 11 is 3.35. The number of hydrogen-bond donors (Lipinski definition) is 1. The average molecular weight is 341 g/mol. The molecule has 1 aliphatic heterocycles. The van der Waals surface area contributed by atoms with Crippen molar-refractivity contribution in [3.8, 4) is 0 Å². The molecule has 1 unspecified atom stereocenters. The lowest BCUT2D eigenvalue weighted by molar-refractivity contribution is 0.0696. The number of carboxylic acids is 1. The van der Waals surface area contributed by atoms with Crippen molar-refractivity contribution in [1.29, 1.82) is 0 Å². The van der Waals surface area contributed by atoms with E-state index in [4.69, 9.17) is 5.11 Å². The van der Waals surface area contributed by atoms with Gasteiger partial charge in [0.25, 0.3) is 0 Å². The largest absolute Gasteiger partial charge is 0.478 e. The Morgan fingerprint density at radius 2 is 2.15 bits per heavy atom. The van der Waals surface area contributed by atoms with Gasteiger partial charge in [0.1, 0.15) is 0 Å². The fourth-order valence-electron chi connectivity index (χ4n) is 2.89. The molecule has 2 rings (SSSR count). The van der Waals surface area contributed by atoms with Crippen molar-refractivity contribution in [2.75, 3.05) is 31.1 Å². The summed E-state index contributed by atoms with van der Waals surface area (Å²) in [6.07, 6.45) is 1.17. The third-order valence-corrected chi connectivity index (χ3v) is 4.70. The SMILES string of the molecule is CCN(CC)C1CCN(c2ccc(C(=O)O)c(Br)c2)C1. The summed E-state index contributed by atoms with van der Waals surface area (Å²) in [6, 6.07) is 6.09. The Bertz CT molecular complexity index is 489. The normalized spacial score (nSPS) is 18.8. The van der Waals surface area contributed by atoms with Gasteiger partial charge < -0.3 is 10.0 Å². The highest BCUT2D eigenvalue weighted by molar-refractivity contribution is 9.10. The van der Waals surface area contributed by atoms with Gasteiger partial charge in [-0.1, -0.05) is 13.8 Å². The van der Waals surface area contributed by atoms with Gasteiger partial charge in [-0.2, -0.15) is 0 Å². The van der Waals surface area contributed by atoms with Crippen LogP contribution in [0.1, 0.15) is 30.6 Å². The highest BCUT2D eigenvalue weighted by Crippen LogP contribution is 2.28. The lowest BCUT2D eigenvalue weighted by atomic mass is 10.2. The summed E-state index contributed by atoms with van der Waals surface area (Å²) in [7, 11) is 0. The van der Waals surface area contributed by atoms with Crippen LogP contribution in [0, 0.1) is 0 Å². The number of likely N-dealkylation sites (N-methyl/N-ethyl adjacent to an activating group) is 1. The van der Waals surface area contributed by atoms with Crippen molar-refractivity contribution in [1.82, 2.24) is 4.90 Å². The van der Waals surface area contributed by atoms with E-state index in [1.54, 1.807) is 6.07 Å². The Labute approximate surface area is 128 Å². The number of benzene rings is 1. The summed E-state index contributed by atoms with van der Waals surface area (Å²) in [5.41, 5.74) is 1.41. The number of halogens is 1. The van der Waals surface area contributed by atoms with E-state index in [1.807, 2.05) is 12.1 Å². The molecule has 1 aliphatic rings. The van der Waals surface area contributed by atoms with Crippen LogP contribution in [-0.4, -0.2) is 48.2 Å². The van der Waals surface area contributed by atoms with Crippen LogP contribution in [0.4, 0.5) is 5.69 Å². The molecule has 1 N–H and O–H groups in total. The second-order valence-electron chi connectivity index (χ2n) is 5.08. The minimum absolute atomic E-state index is 0.313. The first-order chi connectivity index (χ1) is 9.56. The highest BCUT2D eigenvalue weighted by Gasteiger charge is 2.26. The Kier molecular flexibility index (Phi) is 5.05. The summed E-state index contributed by atoms with van der Waals surface area (Å²) in [5.74, 6) is -0.897. The van der Waals surface area contributed by atoms with Gasteiger partial charge in [-0.15, -0.1) is 0 Å². The lowest BCUT2D eigenvalue weighted by Gasteiger charge is -2.26. The van der Waals surface area contributed by atoms with Crippen molar-refractivity contribution in [2.24, 2.45) is 0 Å².